The zero-order valence-electron chi connectivity index (χ0n) is 18.7. The van der Waals surface area contributed by atoms with Crippen LogP contribution in [-0.4, -0.2) is 54.8 Å². The number of likely N-dealkylation sites (tertiary alicyclic amines) is 1. The highest BCUT2D eigenvalue weighted by Crippen LogP contribution is 2.57. The zero-order valence-corrected chi connectivity index (χ0v) is 18.7. The van der Waals surface area contributed by atoms with Crippen LogP contribution in [0.25, 0.3) is 0 Å². The Balaban J connectivity index is 1.44. The first-order chi connectivity index (χ1) is 14.8. The van der Waals surface area contributed by atoms with Crippen LogP contribution in [0, 0.1) is 5.41 Å². The number of amides is 1. The number of hydrogen-bond donors (Lipinski definition) is 1. The van der Waals surface area contributed by atoms with Crippen LogP contribution >= 0.6 is 0 Å². The van der Waals surface area contributed by atoms with Crippen LogP contribution in [0.4, 0.5) is 5.69 Å². The van der Waals surface area contributed by atoms with Crippen molar-refractivity contribution in [3.8, 4) is 5.75 Å². The third kappa shape index (κ3) is 3.05. The number of ether oxygens (including phenoxy) is 1. The summed E-state index contributed by atoms with van der Waals surface area (Å²) in [6.07, 6.45) is 1.59. The number of morpholine rings is 1. The van der Waals surface area contributed by atoms with E-state index in [1.54, 1.807) is 6.07 Å². The number of carbonyl (C=O) groups is 1. The summed E-state index contributed by atoms with van der Waals surface area (Å²) in [6, 6.07) is 14.0. The van der Waals surface area contributed by atoms with Gasteiger partial charge in [0.15, 0.2) is 0 Å². The van der Waals surface area contributed by atoms with Crippen LogP contribution in [0.1, 0.15) is 48.7 Å². The Morgan fingerprint density at radius 1 is 1.03 bits per heavy atom. The maximum absolute atomic E-state index is 13.6. The zero-order chi connectivity index (χ0) is 21.8. The van der Waals surface area contributed by atoms with Crippen molar-refractivity contribution < 1.29 is 14.6 Å². The van der Waals surface area contributed by atoms with Crippen LogP contribution in [0.2, 0.25) is 0 Å². The lowest BCUT2D eigenvalue weighted by atomic mass is 9.51. The number of nitrogens with zero attached hydrogens (tertiary/aromatic N) is 2. The van der Waals surface area contributed by atoms with Gasteiger partial charge in [0.25, 0.3) is 5.91 Å². The fourth-order valence-electron chi connectivity index (χ4n) is 5.97. The Morgan fingerprint density at radius 2 is 1.74 bits per heavy atom. The van der Waals surface area contributed by atoms with Crippen LogP contribution in [-0.2, 0) is 16.6 Å². The van der Waals surface area contributed by atoms with E-state index in [0.717, 1.165) is 56.1 Å². The molecule has 1 N–H and O–H groups in total. The Bertz CT molecular complexity index is 994. The highest BCUT2D eigenvalue weighted by atomic mass is 16.5. The molecular weight excluding hydrogens is 388 g/mol. The van der Waals surface area contributed by atoms with E-state index >= 15 is 0 Å². The molecular formula is C26H32N2O3. The number of anilines is 1. The normalized spacial score (nSPS) is 27.0. The number of carbonyl (C=O) groups excluding carboxylic acids is 1. The molecule has 5 nitrogen and oxygen atoms in total. The van der Waals surface area contributed by atoms with Crippen molar-refractivity contribution >= 4 is 11.6 Å². The minimum Gasteiger partial charge on any atom is -0.508 e. The van der Waals surface area contributed by atoms with E-state index in [2.05, 4.69) is 48.8 Å². The van der Waals surface area contributed by atoms with E-state index in [1.807, 2.05) is 18.2 Å². The van der Waals surface area contributed by atoms with Crippen LogP contribution in [0.15, 0.2) is 42.5 Å². The summed E-state index contributed by atoms with van der Waals surface area (Å²) in [5, 5.41) is 10.6. The molecule has 3 aliphatic rings. The number of benzene rings is 2. The molecule has 164 valence electrons. The van der Waals surface area contributed by atoms with Crippen molar-refractivity contribution in [2.24, 2.45) is 5.41 Å². The molecule has 5 heteroatoms. The van der Waals surface area contributed by atoms with Crippen molar-refractivity contribution in [1.82, 2.24) is 4.90 Å². The molecule has 2 unspecified atom stereocenters. The number of piperidine rings is 1. The van der Waals surface area contributed by atoms with Crippen LogP contribution < -0.4 is 4.90 Å². The lowest BCUT2D eigenvalue weighted by Crippen LogP contribution is -2.64. The van der Waals surface area contributed by atoms with Crippen LogP contribution in [0.3, 0.4) is 0 Å². The van der Waals surface area contributed by atoms with Gasteiger partial charge in [-0.3, -0.25) is 4.79 Å². The van der Waals surface area contributed by atoms with E-state index in [-0.39, 0.29) is 22.8 Å². The van der Waals surface area contributed by atoms with Gasteiger partial charge in [-0.1, -0.05) is 32.9 Å². The third-order valence-corrected chi connectivity index (χ3v) is 8.38. The Morgan fingerprint density at radius 3 is 2.45 bits per heavy atom. The lowest BCUT2D eigenvalue weighted by molar-refractivity contribution is -0.0266. The molecule has 0 radical (unpaired) electrons. The van der Waals surface area contributed by atoms with Gasteiger partial charge in [0.05, 0.1) is 13.2 Å². The van der Waals surface area contributed by atoms with Crippen molar-refractivity contribution in [1.29, 1.82) is 0 Å². The average molecular weight is 421 g/mol. The fourth-order valence-corrected chi connectivity index (χ4v) is 5.97. The molecule has 1 aliphatic carbocycles. The molecule has 0 spiro atoms. The molecule has 31 heavy (non-hydrogen) atoms. The summed E-state index contributed by atoms with van der Waals surface area (Å²) in [7, 11) is 0. The summed E-state index contributed by atoms with van der Waals surface area (Å²) in [5.41, 5.74) is 3.98. The quantitative estimate of drug-likeness (QED) is 0.798. The molecule has 0 saturated carbocycles. The van der Waals surface area contributed by atoms with Gasteiger partial charge >= 0.3 is 0 Å². The maximum atomic E-state index is 13.6. The molecule has 2 aromatic carbocycles. The Hall–Kier alpha value is -2.53. The second kappa shape index (κ2) is 7.27. The fraction of sp³-hybridized carbons (Fsp3) is 0.500. The number of phenolic OH excluding ortho intramolecular Hbond substituents is 1. The van der Waals surface area contributed by atoms with Gasteiger partial charge in [-0.2, -0.15) is 0 Å². The van der Waals surface area contributed by atoms with Crippen molar-refractivity contribution in [3.63, 3.8) is 0 Å². The second-order valence-electron chi connectivity index (χ2n) is 9.97. The summed E-state index contributed by atoms with van der Waals surface area (Å²) >= 11 is 0. The first-order valence-corrected chi connectivity index (χ1v) is 11.4. The molecule has 2 heterocycles. The summed E-state index contributed by atoms with van der Waals surface area (Å²) < 4.78 is 5.44. The number of hydrogen-bond acceptors (Lipinski definition) is 4. The number of fused-ring (bicyclic) bond motifs is 4. The molecule has 2 atom stereocenters. The van der Waals surface area contributed by atoms with Crippen LogP contribution in [0.5, 0.6) is 5.75 Å². The summed E-state index contributed by atoms with van der Waals surface area (Å²) in [6.45, 7) is 10.9. The largest absolute Gasteiger partial charge is 0.508 e. The monoisotopic (exact) mass is 420 g/mol. The van der Waals surface area contributed by atoms with Gasteiger partial charge in [0.2, 0.25) is 0 Å². The molecule has 1 amide bonds. The Labute approximate surface area is 184 Å². The van der Waals surface area contributed by atoms with E-state index in [1.165, 1.54) is 5.56 Å². The molecule has 2 fully saturated rings. The van der Waals surface area contributed by atoms with Gasteiger partial charge in [-0.25, -0.2) is 0 Å². The molecule has 0 aromatic heterocycles. The van der Waals surface area contributed by atoms with Gasteiger partial charge < -0.3 is 19.6 Å². The average Bonchev–Trinajstić information content (AvgIpc) is 2.77. The van der Waals surface area contributed by atoms with Crippen molar-refractivity contribution in [2.45, 2.75) is 45.1 Å². The number of rotatable bonds is 2. The third-order valence-electron chi connectivity index (χ3n) is 8.38. The smallest absolute Gasteiger partial charge is 0.254 e. The van der Waals surface area contributed by atoms with E-state index in [4.69, 9.17) is 4.74 Å². The SMILES string of the molecule is CC12CCN(C(=O)c3ccc(N4CCOCC4)cc3)C(Cc3c(O)cccc31)C2(C)C. The number of aromatic hydroxyl groups is 1. The minimum atomic E-state index is -0.0879. The maximum Gasteiger partial charge on any atom is 0.254 e. The predicted molar refractivity (Wildman–Crippen MR) is 122 cm³/mol. The molecule has 2 aromatic rings. The molecule has 2 aliphatic heterocycles. The van der Waals surface area contributed by atoms with E-state index in [9.17, 15) is 9.90 Å². The summed E-state index contributed by atoms with van der Waals surface area (Å²) in [4.78, 5) is 18.0. The topological polar surface area (TPSA) is 53.0 Å². The van der Waals surface area contributed by atoms with Crippen molar-refractivity contribution in [3.05, 3.63) is 59.2 Å². The standard InChI is InChI=1S/C26H32N2O3/c1-25(2)23-17-20-21(5-4-6-22(20)29)26(25,3)11-12-28(23)24(30)18-7-9-19(10-8-18)27-13-15-31-16-14-27/h4-10,23,29H,11-17H2,1-3H3. The lowest BCUT2D eigenvalue weighted by Gasteiger charge is -2.60. The van der Waals surface area contributed by atoms with Gasteiger partial charge in [0.1, 0.15) is 5.75 Å². The number of phenols is 1. The van der Waals surface area contributed by atoms with Gasteiger partial charge in [0, 0.05) is 42.3 Å². The van der Waals surface area contributed by atoms with E-state index < -0.39 is 0 Å². The highest BCUT2D eigenvalue weighted by Gasteiger charge is 2.57. The van der Waals surface area contributed by atoms with Gasteiger partial charge in [-0.15, -0.1) is 0 Å². The van der Waals surface area contributed by atoms with Gasteiger partial charge in [-0.05, 0) is 59.7 Å². The second-order valence-corrected chi connectivity index (χ2v) is 9.97. The molecule has 5 rings (SSSR count). The molecule has 2 bridgehead atoms. The molecule has 2 saturated heterocycles. The Kier molecular flexibility index (Phi) is 4.78. The van der Waals surface area contributed by atoms with E-state index in [0.29, 0.717) is 12.2 Å². The highest BCUT2D eigenvalue weighted by molar-refractivity contribution is 5.95. The van der Waals surface area contributed by atoms with Crippen molar-refractivity contribution in [2.75, 3.05) is 37.7 Å². The minimum absolute atomic E-state index is 0.0541. The first-order valence-electron chi connectivity index (χ1n) is 11.4. The first kappa shape index (κ1) is 20.4. The summed E-state index contributed by atoms with van der Waals surface area (Å²) in [5.74, 6) is 0.445. The predicted octanol–water partition coefficient (Wildman–Crippen LogP) is 3.98.